The summed E-state index contributed by atoms with van der Waals surface area (Å²) in [6.45, 7) is 6.19. The number of thiophene rings is 1. The van der Waals surface area contributed by atoms with Crippen molar-refractivity contribution in [1.29, 1.82) is 0 Å². The zero-order chi connectivity index (χ0) is 18.5. The van der Waals surface area contributed by atoms with Gasteiger partial charge in [0.05, 0.1) is 5.56 Å². The number of carboxylic acid groups (broad SMARTS) is 1. The number of rotatable bonds is 3. The molecule has 0 saturated carbocycles. The van der Waals surface area contributed by atoms with Gasteiger partial charge in [-0.15, -0.1) is 11.3 Å². The summed E-state index contributed by atoms with van der Waals surface area (Å²) in [5.74, 6) is 5.55. The molecule has 1 aliphatic carbocycles. The summed E-state index contributed by atoms with van der Waals surface area (Å²) < 4.78 is 0. The number of fused-ring (bicyclic) bond motifs is 1. The van der Waals surface area contributed by atoms with Crippen molar-refractivity contribution in [3.63, 3.8) is 0 Å². The van der Waals surface area contributed by atoms with Gasteiger partial charge in [-0.05, 0) is 53.7 Å². The van der Waals surface area contributed by atoms with Crippen LogP contribution in [0.4, 0.5) is 0 Å². The quantitative estimate of drug-likeness (QED) is 0.791. The van der Waals surface area contributed by atoms with E-state index in [2.05, 4.69) is 32.0 Å². The van der Waals surface area contributed by atoms with E-state index in [4.69, 9.17) is 5.84 Å². The Morgan fingerprint density at radius 3 is 2.81 bits per heavy atom. The van der Waals surface area contributed by atoms with Crippen LogP contribution in [-0.2, 0) is 12.8 Å². The molecule has 4 rings (SSSR count). The number of aryl methyl sites for hydroxylation is 1. The molecule has 4 nitrogen and oxygen atoms in total. The highest BCUT2D eigenvalue weighted by Crippen LogP contribution is 2.47. The molecule has 1 saturated heterocycles. The molecular formula is C21H26N2O2S. The second-order valence-corrected chi connectivity index (χ2v) is 9.53. The van der Waals surface area contributed by atoms with Gasteiger partial charge in [-0.3, -0.25) is 5.84 Å². The third-order valence-corrected chi connectivity index (χ3v) is 7.18. The molecule has 0 spiro atoms. The predicted molar refractivity (Wildman–Crippen MR) is 106 cm³/mol. The van der Waals surface area contributed by atoms with E-state index < -0.39 is 5.97 Å². The van der Waals surface area contributed by atoms with Gasteiger partial charge < -0.3 is 5.11 Å². The van der Waals surface area contributed by atoms with E-state index >= 15 is 0 Å². The maximum Gasteiger partial charge on any atom is 0.337 e. The molecule has 138 valence electrons. The zero-order valence-corrected chi connectivity index (χ0v) is 16.2. The van der Waals surface area contributed by atoms with Crippen LogP contribution in [0.1, 0.15) is 59.0 Å². The van der Waals surface area contributed by atoms with Crippen LogP contribution < -0.4 is 5.84 Å². The molecule has 3 N–H and O–H groups in total. The molecule has 1 aromatic carbocycles. The Balaban J connectivity index is 1.85. The lowest BCUT2D eigenvalue weighted by Crippen LogP contribution is -2.27. The normalized spacial score (nSPS) is 22.3. The van der Waals surface area contributed by atoms with Crippen LogP contribution in [0.5, 0.6) is 0 Å². The maximum absolute atomic E-state index is 12.2. The molecule has 26 heavy (non-hydrogen) atoms. The number of nitrogens with zero attached hydrogens (tertiary/aromatic N) is 1. The van der Waals surface area contributed by atoms with Crippen LogP contribution in [0, 0.1) is 5.41 Å². The number of carbonyl (C=O) groups is 1. The number of aromatic carboxylic acids is 1. The number of carboxylic acids is 1. The smallest absolute Gasteiger partial charge is 0.337 e. The lowest BCUT2D eigenvalue weighted by molar-refractivity contribution is 0.0696. The summed E-state index contributed by atoms with van der Waals surface area (Å²) in [4.78, 5) is 14.4. The van der Waals surface area contributed by atoms with Crippen LogP contribution in [0.15, 0.2) is 24.3 Å². The molecule has 1 fully saturated rings. The summed E-state index contributed by atoms with van der Waals surface area (Å²) in [5.41, 5.74) is 4.09. The highest BCUT2D eigenvalue weighted by molar-refractivity contribution is 7.16. The largest absolute Gasteiger partial charge is 0.478 e. The lowest BCUT2D eigenvalue weighted by Gasteiger charge is -2.29. The number of nitrogens with two attached hydrogens (primary N) is 1. The van der Waals surface area contributed by atoms with E-state index in [0.29, 0.717) is 11.5 Å². The minimum atomic E-state index is -0.795. The molecule has 2 aromatic rings. The van der Waals surface area contributed by atoms with Gasteiger partial charge in [0.15, 0.2) is 0 Å². The van der Waals surface area contributed by atoms with E-state index in [1.54, 1.807) is 11.3 Å². The fraction of sp³-hybridized carbons (Fsp3) is 0.476. The van der Waals surface area contributed by atoms with Gasteiger partial charge in [0, 0.05) is 22.8 Å². The van der Waals surface area contributed by atoms with Gasteiger partial charge in [0.1, 0.15) is 0 Å². The molecule has 1 aliphatic heterocycles. The van der Waals surface area contributed by atoms with Crippen molar-refractivity contribution in [2.45, 2.75) is 45.4 Å². The minimum Gasteiger partial charge on any atom is -0.478 e. The summed E-state index contributed by atoms with van der Waals surface area (Å²) >= 11 is 1.69. The lowest BCUT2D eigenvalue weighted by atomic mass is 9.75. The number of benzene rings is 1. The van der Waals surface area contributed by atoms with E-state index in [1.807, 2.05) is 11.1 Å². The molecule has 0 amide bonds. The second kappa shape index (κ2) is 6.48. The van der Waals surface area contributed by atoms with Crippen LogP contribution >= 0.6 is 11.3 Å². The number of hydrogen-bond acceptors (Lipinski definition) is 4. The first-order chi connectivity index (χ1) is 12.4. The average molecular weight is 371 g/mol. The van der Waals surface area contributed by atoms with Crippen LogP contribution in [-0.4, -0.2) is 29.2 Å². The van der Waals surface area contributed by atoms with Crippen molar-refractivity contribution < 1.29 is 9.90 Å². The summed E-state index contributed by atoms with van der Waals surface area (Å²) in [7, 11) is 0. The predicted octanol–water partition coefficient (Wildman–Crippen LogP) is 4.29. The Morgan fingerprint density at radius 2 is 2.12 bits per heavy atom. The van der Waals surface area contributed by atoms with Crippen LogP contribution in [0.25, 0.3) is 10.4 Å². The Labute approximate surface area is 158 Å². The molecule has 1 atom stereocenters. The van der Waals surface area contributed by atoms with Crippen molar-refractivity contribution in [2.75, 3.05) is 13.1 Å². The zero-order valence-electron chi connectivity index (χ0n) is 15.4. The molecule has 1 aromatic heterocycles. The first-order valence-electron chi connectivity index (χ1n) is 9.32. The van der Waals surface area contributed by atoms with Crippen molar-refractivity contribution in [3.8, 4) is 10.4 Å². The van der Waals surface area contributed by atoms with Crippen LogP contribution in [0.3, 0.4) is 0 Å². The standard InChI is InChI=1S/C21H26N2O2S/c1-21(2)9-7-17-16(11-21)18(20(24)25)19(26-17)15-6-4-3-5-14(15)13-8-10-23(22)12-13/h3-6,13H,7-12,22H2,1-2H3,(H,24,25)/t13-/m0/s1. The average Bonchev–Trinajstić information content (AvgIpc) is 3.17. The first-order valence-corrected chi connectivity index (χ1v) is 10.1. The van der Waals surface area contributed by atoms with Gasteiger partial charge in [0.2, 0.25) is 0 Å². The van der Waals surface area contributed by atoms with Crippen LogP contribution in [0.2, 0.25) is 0 Å². The van der Waals surface area contributed by atoms with Crippen molar-refractivity contribution in [3.05, 3.63) is 45.8 Å². The Hall–Kier alpha value is -1.69. The Bertz CT molecular complexity index is 856. The molecule has 2 heterocycles. The van der Waals surface area contributed by atoms with Gasteiger partial charge in [0.25, 0.3) is 0 Å². The molecule has 2 aliphatic rings. The van der Waals surface area contributed by atoms with Gasteiger partial charge in [-0.2, -0.15) is 0 Å². The van der Waals surface area contributed by atoms with Gasteiger partial charge >= 0.3 is 5.97 Å². The van der Waals surface area contributed by atoms with Crippen molar-refractivity contribution in [1.82, 2.24) is 5.01 Å². The third-order valence-electron chi connectivity index (χ3n) is 5.85. The second-order valence-electron chi connectivity index (χ2n) is 8.42. The Kier molecular flexibility index (Phi) is 4.41. The van der Waals surface area contributed by atoms with Gasteiger partial charge in [-0.1, -0.05) is 38.1 Å². The molecule has 5 heteroatoms. The first kappa shape index (κ1) is 17.7. The maximum atomic E-state index is 12.2. The highest BCUT2D eigenvalue weighted by Gasteiger charge is 2.34. The third kappa shape index (κ3) is 3.08. The summed E-state index contributed by atoms with van der Waals surface area (Å²) in [6, 6.07) is 8.30. The summed E-state index contributed by atoms with van der Waals surface area (Å²) in [5, 5.41) is 11.9. The number of hydrogen-bond donors (Lipinski definition) is 2. The topological polar surface area (TPSA) is 66.6 Å². The van der Waals surface area contributed by atoms with E-state index in [9.17, 15) is 9.90 Å². The molecule has 0 bridgehead atoms. The minimum absolute atomic E-state index is 0.167. The fourth-order valence-corrected chi connectivity index (χ4v) is 5.79. The van der Waals surface area contributed by atoms with E-state index in [0.717, 1.165) is 54.8 Å². The molecule has 0 unspecified atom stereocenters. The fourth-order valence-electron chi connectivity index (χ4n) is 4.44. The van der Waals surface area contributed by atoms with E-state index in [-0.39, 0.29) is 5.41 Å². The van der Waals surface area contributed by atoms with Crippen molar-refractivity contribution in [2.24, 2.45) is 11.3 Å². The SMILES string of the molecule is CC1(C)CCc2sc(-c3ccccc3[C@H]3CCN(N)C3)c(C(=O)O)c2C1. The van der Waals surface area contributed by atoms with E-state index in [1.165, 1.54) is 10.4 Å². The summed E-state index contributed by atoms with van der Waals surface area (Å²) in [6.07, 6.45) is 3.97. The Morgan fingerprint density at radius 1 is 1.35 bits per heavy atom. The number of hydrazine groups is 1. The monoisotopic (exact) mass is 370 g/mol. The van der Waals surface area contributed by atoms with Crippen molar-refractivity contribution >= 4 is 17.3 Å². The highest BCUT2D eigenvalue weighted by atomic mass is 32.1. The molecule has 0 radical (unpaired) electrons. The van der Waals surface area contributed by atoms with Gasteiger partial charge in [-0.25, -0.2) is 9.80 Å². The molecular weight excluding hydrogens is 344 g/mol.